The highest BCUT2D eigenvalue weighted by molar-refractivity contribution is 4.82. The van der Waals surface area contributed by atoms with Crippen molar-refractivity contribution in [2.45, 2.75) is 33.2 Å². The molecule has 2 unspecified atom stereocenters. The lowest BCUT2D eigenvalue weighted by Gasteiger charge is -2.41. The van der Waals surface area contributed by atoms with Gasteiger partial charge in [0, 0.05) is 5.92 Å². The van der Waals surface area contributed by atoms with Gasteiger partial charge in [-0.2, -0.15) is 0 Å². The van der Waals surface area contributed by atoms with Gasteiger partial charge in [0.05, 0.1) is 6.10 Å². The van der Waals surface area contributed by atoms with E-state index in [1.807, 2.05) is 6.92 Å². The number of rotatable bonds is 3. The minimum absolute atomic E-state index is 0.151. The maximum atomic E-state index is 8.40. The molecule has 1 rings (SSSR count). The van der Waals surface area contributed by atoms with E-state index < -0.39 is 6.29 Å². The van der Waals surface area contributed by atoms with E-state index in [1.54, 1.807) is 0 Å². The van der Waals surface area contributed by atoms with Crippen molar-refractivity contribution in [2.75, 3.05) is 6.61 Å². The fourth-order valence-corrected chi connectivity index (χ4v) is 1.91. The number of hydrogen-bond donors (Lipinski definition) is 2. The van der Waals surface area contributed by atoms with Crippen LogP contribution in [0, 0.1) is 17.8 Å². The van der Waals surface area contributed by atoms with Crippen LogP contribution in [-0.2, 0) is 14.5 Å². The molecule has 1 fully saturated rings. The maximum Gasteiger partial charge on any atom is 0.180 e. The second kappa shape index (κ2) is 5.04. The predicted octanol–water partition coefficient (Wildman–Crippen LogP) is 0.999. The van der Waals surface area contributed by atoms with E-state index >= 15 is 0 Å². The zero-order valence-corrected chi connectivity index (χ0v) is 8.84. The molecule has 1 saturated heterocycles. The van der Waals surface area contributed by atoms with Gasteiger partial charge in [-0.3, -0.25) is 10.1 Å². The molecule has 0 radical (unpaired) electrons. The molecular formula is C9H19NO4. The molecule has 1 aliphatic heterocycles. The van der Waals surface area contributed by atoms with Crippen LogP contribution in [0.2, 0.25) is 0 Å². The lowest BCUT2D eigenvalue weighted by Crippen LogP contribution is -2.48. The van der Waals surface area contributed by atoms with Crippen molar-refractivity contribution in [1.82, 2.24) is 0 Å². The van der Waals surface area contributed by atoms with Gasteiger partial charge in [0.15, 0.2) is 6.29 Å². The summed E-state index contributed by atoms with van der Waals surface area (Å²) < 4.78 is 5.54. The van der Waals surface area contributed by atoms with Crippen LogP contribution in [0.5, 0.6) is 0 Å². The van der Waals surface area contributed by atoms with Crippen molar-refractivity contribution in [3.8, 4) is 0 Å². The number of hydrogen-bond acceptors (Lipinski definition) is 5. The second-order valence-electron chi connectivity index (χ2n) is 4.05. The zero-order valence-electron chi connectivity index (χ0n) is 8.84. The van der Waals surface area contributed by atoms with Crippen molar-refractivity contribution >= 4 is 0 Å². The molecule has 14 heavy (non-hydrogen) atoms. The van der Waals surface area contributed by atoms with Gasteiger partial charge in [-0.15, -0.1) is 0 Å². The Morgan fingerprint density at radius 1 is 1.21 bits per heavy atom. The van der Waals surface area contributed by atoms with E-state index in [4.69, 9.17) is 20.7 Å². The maximum absolute atomic E-state index is 8.40. The Morgan fingerprint density at radius 3 is 2.36 bits per heavy atom. The molecule has 5 heteroatoms. The summed E-state index contributed by atoms with van der Waals surface area (Å²) in [7, 11) is 0. The minimum Gasteiger partial charge on any atom is -0.344 e. The highest BCUT2D eigenvalue weighted by Gasteiger charge is 2.39. The average molecular weight is 205 g/mol. The van der Waals surface area contributed by atoms with Crippen molar-refractivity contribution in [3.05, 3.63) is 0 Å². The summed E-state index contributed by atoms with van der Waals surface area (Å²) >= 11 is 0. The van der Waals surface area contributed by atoms with Gasteiger partial charge in [0.1, 0.15) is 6.61 Å². The fraction of sp³-hybridized carbons (Fsp3) is 1.00. The highest BCUT2D eigenvalue weighted by atomic mass is 17.1. The third-order valence-corrected chi connectivity index (χ3v) is 3.36. The summed E-state index contributed by atoms with van der Waals surface area (Å²) in [6.07, 6.45) is -0.582. The molecule has 0 aromatic carbocycles. The Balaban J connectivity index is 2.63. The summed E-state index contributed by atoms with van der Waals surface area (Å²) in [6, 6.07) is 0. The van der Waals surface area contributed by atoms with Gasteiger partial charge in [-0.25, -0.2) is 10.8 Å². The third-order valence-electron chi connectivity index (χ3n) is 3.36. The molecule has 1 aliphatic rings. The molecular weight excluding hydrogens is 186 g/mol. The van der Waals surface area contributed by atoms with Crippen LogP contribution in [0.4, 0.5) is 0 Å². The molecule has 0 bridgehead atoms. The van der Waals surface area contributed by atoms with Crippen LogP contribution < -0.4 is 5.90 Å². The molecule has 84 valence electrons. The third kappa shape index (κ3) is 2.24. The zero-order chi connectivity index (χ0) is 10.7. The van der Waals surface area contributed by atoms with E-state index in [2.05, 4.69) is 18.7 Å². The Bertz CT molecular complexity index is 174. The first-order valence-corrected chi connectivity index (χ1v) is 4.89. The Hall–Kier alpha value is -0.200. The van der Waals surface area contributed by atoms with E-state index in [0.717, 1.165) is 0 Å². The van der Waals surface area contributed by atoms with Crippen LogP contribution in [-0.4, -0.2) is 24.3 Å². The lowest BCUT2D eigenvalue weighted by molar-refractivity contribution is -0.307. The molecule has 0 spiro atoms. The van der Waals surface area contributed by atoms with E-state index in [-0.39, 0.29) is 18.6 Å². The van der Waals surface area contributed by atoms with Crippen LogP contribution in [0.1, 0.15) is 20.8 Å². The predicted molar refractivity (Wildman–Crippen MR) is 50.0 cm³/mol. The smallest absolute Gasteiger partial charge is 0.180 e. The highest BCUT2D eigenvalue weighted by Crippen LogP contribution is 2.34. The van der Waals surface area contributed by atoms with E-state index in [0.29, 0.717) is 11.8 Å². The average Bonchev–Trinajstić information content (AvgIpc) is 2.19. The van der Waals surface area contributed by atoms with Crippen molar-refractivity contribution < 1.29 is 19.7 Å². The number of ether oxygens (including phenoxy) is 1. The largest absolute Gasteiger partial charge is 0.344 e. The van der Waals surface area contributed by atoms with Crippen LogP contribution in [0.15, 0.2) is 0 Å². The lowest BCUT2D eigenvalue weighted by atomic mass is 9.79. The molecule has 0 aliphatic carbocycles. The summed E-state index contributed by atoms with van der Waals surface area (Å²) in [5.74, 6) is 6.10. The monoisotopic (exact) mass is 205 g/mol. The Kier molecular flexibility index (Phi) is 4.28. The van der Waals surface area contributed by atoms with Gasteiger partial charge in [0.2, 0.25) is 0 Å². The molecule has 0 saturated carbocycles. The summed E-state index contributed by atoms with van der Waals surface area (Å²) in [6.45, 7) is 6.37. The van der Waals surface area contributed by atoms with E-state index in [9.17, 15) is 0 Å². The molecule has 5 nitrogen and oxygen atoms in total. The molecule has 1 heterocycles. The SMILES string of the molecule is C[C@H]1[C@H](C)C(COO)OC(ON)[C@H]1C. The first kappa shape index (κ1) is 11.9. The van der Waals surface area contributed by atoms with Crippen molar-refractivity contribution in [2.24, 2.45) is 23.7 Å². The van der Waals surface area contributed by atoms with Gasteiger partial charge in [-0.05, 0) is 11.8 Å². The van der Waals surface area contributed by atoms with Crippen LogP contribution in [0.3, 0.4) is 0 Å². The van der Waals surface area contributed by atoms with Crippen LogP contribution in [0.25, 0.3) is 0 Å². The van der Waals surface area contributed by atoms with Gasteiger partial charge >= 0.3 is 0 Å². The standard InChI is InChI=1S/C9H19NO4/c1-5-6(2)8(4-12-11)13-9(14-10)7(5)3/h5-9,11H,4,10H2,1-3H3/t5-,6-,7-,8?,9?/m0/s1. The Labute approximate surface area is 84.0 Å². The summed E-state index contributed by atoms with van der Waals surface area (Å²) in [5.41, 5.74) is 0. The molecule has 0 aromatic heterocycles. The van der Waals surface area contributed by atoms with Crippen LogP contribution >= 0.6 is 0 Å². The fourth-order valence-electron chi connectivity index (χ4n) is 1.91. The Morgan fingerprint density at radius 2 is 1.86 bits per heavy atom. The van der Waals surface area contributed by atoms with E-state index in [1.165, 1.54) is 0 Å². The van der Waals surface area contributed by atoms with Gasteiger partial charge in [-0.1, -0.05) is 20.8 Å². The van der Waals surface area contributed by atoms with Gasteiger partial charge in [0.25, 0.3) is 0 Å². The molecule has 5 atom stereocenters. The topological polar surface area (TPSA) is 73.9 Å². The number of nitrogens with two attached hydrogens (primary N) is 1. The molecule has 0 aromatic rings. The first-order chi connectivity index (χ1) is 6.61. The molecule has 3 N–H and O–H groups in total. The van der Waals surface area contributed by atoms with Crippen molar-refractivity contribution in [3.63, 3.8) is 0 Å². The quantitative estimate of drug-likeness (QED) is 0.531. The summed E-state index contributed by atoms with van der Waals surface area (Å²) in [5, 5.41) is 8.40. The normalized spacial score (nSPS) is 43.9. The second-order valence-corrected chi connectivity index (χ2v) is 4.05. The first-order valence-electron chi connectivity index (χ1n) is 4.89. The van der Waals surface area contributed by atoms with Crippen molar-refractivity contribution in [1.29, 1.82) is 0 Å². The summed E-state index contributed by atoms with van der Waals surface area (Å²) in [4.78, 5) is 8.85. The minimum atomic E-state index is -0.415. The molecule has 0 amide bonds. The van der Waals surface area contributed by atoms with Gasteiger partial charge < -0.3 is 4.74 Å².